The average molecular weight is 272 g/mol. The normalized spacial score (nSPS) is 19.5. The van der Waals surface area contributed by atoms with E-state index in [1.54, 1.807) is 11.0 Å². The minimum atomic E-state index is -0.0512. The monoisotopic (exact) mass is 271 g/mol. The second-order valence-electron chi connectivity index (χ2n) is 4.72. The molecule has 0 aliphatic carbocycles. The number of benzene rings is 2. The highest BCUT2D eigenvalue weighted by molar-refractivity contribution is 6.30. The van der Waals surface area contributed by atoms with E-state index in [1.165, 1.54) is 0 Å². The van der Waals surface area contributed by atoms with Gasteiger partial charge in [-0.05, 0) is 23.8 Å². The maximum atomic E-state index is 12.3. The lowest BCUT2D eigenvalue weighted by molar-refractivity contribution is 0.0498. The fourth-order valence-electron chi connectivity index (χ4n) is 2.84. The predicted octanol–water partition coefficient (Wildman–Crippen LogP) is 3.24. The summed E-state index contributed by atoms with van der Waals surface area (Å²) in [6.45, 7) is 0.269. The van der Waals surface area contributed by atoms with Crippen molar-refractivity contribution in [3.8, 4) is 5.75 Å². The molecule has 4 rings (SSSR count). The zero-order valence-corrected chi connectivity index (χ0v) is 10.7. The summed E-state index contributed by atoms with van der Waals surface area (Å²) in [6, 6.07) is 13.2. The van der Waals surface area contributed by atoms with Crippen molar-refractivity contribution in [1.29, 1.82) is 0 Å². The summed E-state index contributed by atoms with van der Waals surface area (Å²) in [5.74, 6) is 0.791. The highest BCUT2D eigenvalue weighted by atomic mass is 35.5. The number of halogens is 1. The number of carbonyl (C=O) groups excluding carboxylic acids is 1. The van der Waals surface area contributed by atoms with Crippen LogP contribution in [0.4, 0.5) is 0 Å². The minimum Gasteiger partial charge on any atom is -0.473 e. The van der Waals surface area contributed by atoms with Crippen molar-refractivity contribution in [1.82, 2.24) is 4.90 Å². The highest BCUT2D eigenvalue weighted by Gasteiger charge is 2.41. The Labute approximate surface area is 115 Å². The molecular weight excluding hydrogens is 262 g/mol. The number of nitrogens with zero attached hydrogens (tertiary/aromatic N) is 1. The SMILES string of the molecule is O=C1c2ccccc2C2c3ccc(Cl)cc3OCN12. The molecule has 0 spiro atoms. The third kappa shape index (κ3) is 1.42. The molecule has 0 fully saturated rings. The molecule has 3 nitrogen and oxygen atoms in total. The van der Waals surface area contributed by atoms with Crippen LogP contribution in [-0.4, -0.2) is 17.5 Å². The molecular formula is C15H10ClNO2. The summed E-state index contributed by atoms with van der Waals surface area (Å²) >= 11 is 5.99. The van der Waals surface area contributed by atoms with E-state index in [0.29, 0.717) is 5.02 Å². The number of amides is 1. The lowest BCUT2D eigenvalue weighted by Gasteiger charge is -2.32. The van der Waals surface area contributed by atoms with Crippen LogP contribution in [0.25, 0.3) is 0 Å². The van der Waals surface area contributed by atoms with Crippen LogP contribution >= 0.6 is 11.6 Å². The van der Waals surface area contributed by atoms with Crippen molar-refractivity contribution in [2.75, 3.05) is 6.73 Å². The van der Waals surface area contributed by atoms with E-state index in [4.69, 9.17) is 16.3 Å². The summed E-state index contributed by atoms with van der Waals surface area (Å²) < 4.78 is 5.64. The zero-order chi connectivity index (χ0) is 13.0. The van der Waals surface area contributed by atoms with E-state index < -0.39 is 0 Å². The van der Waals surface area contributed by atoms with E-state index in [9.17, 15) is 4.79 Å². The molecule has 0 N–H and O–H groups in total. The van der Waals surface area contributed by atoms with Gasteiger partial charge in [0.25, 0.3) is 5.91 Å². The Morgan fingerprint density at radius 3 is 2.89 bits per heavy atom. The van der Waals surface area contributed by atoms with Crippen LogP contribution in [0.1, 0.15) is 27.5 Å². The molecule has 0 saturated heterocycles. The third-order valence-corrected chi connectivity index (χ3v) is 3.92. The number of carbonyl (C=O) groups is 1. The highest BCUT2D eigenvalue weighted by Crippen LogP contribution is 2.45. The Bertz CT molecular complexity index is 698. The Morgan fingerprint density at radius 2 is 2.00 bits per heavy atom. The molecule has 2 aromatic carbocycles. The van der Waals surface area contributed by atoms with E-state index in [-0.39, 0.29) is 18.7 Å². The van der Waals surface area contributed by atoms with Gasteiger partial charge in [0, 0.05) is 16.1 Å². The molecule has 0 radical (unpaired) electrons. The van der Waals surface area contributed by atoms with Crippen molar-refractivity contribution in [3.63, 3.8) is 0 Å². The van der Waals surface area contributed by atoms with Gasteiger partial charge in [-0.2, -0.15) is 0 Å². The number of fused-ring (bicyclic) bond motifs is 5. The van der Waals surface area contributed by atoms with Crippen LogP contribution in [-0.2, 0) is 0 Å². The lowest BCUT2D eigenvalue weighted by Crippen LogP contribution is -2.36. The van der Waals surface area contributed by atoms with E-state index in [1.807, 2.05) is 36.4 Å². The van der Waals surface area contributed by atoms with Crippen molar-refractivity contribution < 1.29 is 9.53 Å². The molecule has 4 heteroatoms. The van der Waals surface area contributed by atoms with Gasteiger partial charge in [-0.15, -0.1) is 0 Å². The van der Waals surface area contributed by atoms with Gasteiger partial charge in [-0.3, -0.25) is 9.69 Å². The first kappa shape index (κ1) is 10.9. The van der Waals surface area contributed by atoms with Crippen molar-refractivity contribution in [2.24, 2.45) is 0 Å². The first-order valence-electron chi connectivity index (χ1n) is 6.08. The largest absolute Gasteiger partial charge is 0.473 e. The molecule has 2 aromatic rings. The Kier molecular flexibility index (Phi) is 2.15. The van der Waals surface area contributed by atoms with Gasteiger partial charge in [0.2, 0.25) is 0 Å². The lowest BCUT2D eigenvalue weighted by atomic mass is 9.97. The van der Waals surface area contributed by atoms with Crippen molar-refractivity contribution >= 4 is 17.5 Å². The van der Waals surface area contributed by atoms with Crippen LogP contribution < -0.4 is 4.74 Å². The summed E-state index contributed by atoms with van der Waals surface area (Å²) in [5.41, 5.74) is 2.80. The molecule has 2 aliphatic heterocycles. The average Bonchev–Trinajstić information content (AvgIpc) is 2.73. The number of rotatable bonds is 0. The van der Waals surface area contributed by atoms with Gasteiger partial charge in [0.15, 0.2) is 6.73 Å². The summed E-state index contributed by atoms with van der Waals surface area (Å²) in [5, 5.41) is 0.643. The Hall–Kier alpha value is -2.00. The maximum absolute atomic E-state index is 12.3. The molecule has 2 aliphatic rings. The fourth-order valence-corrected chi connectivity index (χ4v) is 3.00. The first-order valence-corrected chi connectivity index (χ1v) is 6.45. The van der Waals surface area contributed by atoms with E-state index in [0.717, 1.165) is 22.4 Å². The number of ether oxygens (including phenoxy) is 1. The van der Waals surface area contributed by atoms with Gasteiger partial charge in [0.05, 0.1) is 6.04 Å². The van der Waals surface area contributed by atoms with E-state index in [2.05, 4.69) is 0 Å². The topological polar surface area (TPSA) is 29.5 Å². The second-order valence-corrected chi connectivity index (χ2v) is 5.16. The molecule has 94 valence electrons. The van der Waals surface area contributed by atoms with E-state index >= 15 is 0 Å². The first-order chi connectivity index (χ1) is 9.25. The summed E-state index contributed by atoms with van der Waals surface area (Å²) in [7, 11) is 0. The molecule has 1 unspecified atom stereocenters. The molecule has 1 amide bonds. The van der Waals surface area contributed by atoms with Gasteiger partial charge in [-0.25, -0.2) is 0 Å². The molecule has 1 atom stereocenters. The van der Waals surface area contributed by atoms with Crippen molar-refractivity contribution in [3.05, 3.63) is 64.2 Å². The second kappa shape index (κ2) is 3.75. The quantitative estimate of drug-likeness (QED) is 0.736. The van der Waals surface area contributed by atoms with Crippen LogP contribution in [0.2, 0.25) is 5.02 Å². The van der Waals surface area contributed by atoms with Crippen LogP contribution in [0.3, 0.4) is 0 Å². The van der Waals surface area contributed by atoms with Crippen LogP contribution in [0.5, 0.6) is 5.75 Å². The van der Waals surface area contributed by atoms with Gasteiger partial charge in [0.1, 0.15) is 5.75 Å². The fraction of sp³-hybridized carbons (Fsp3) is 0.133. The van der Waals surface area contributed by atoms with Gasteiger partial charge < -0.3 is 4.74 Å². The Morgan fingerprint density at radius 1 is 1.16 bits per heavy atom. The molecule has 0 bridgehead atoms. The Balaban J connectivity index is 1.95. The third-order valence-electron chi connectivity index (χ3n) is 3.69. The van der Waals surface area contributed by atoms with Gasteiger partial charge >= 0.3 is 0 Å². The standard InChI is InChI=1S/C15H10ClNO2/c16-9-5-6-12-13(7-9)19-8-17-14(12)10-3-1-2-4-11(10)15(17)18/h1-7,14H,8H2. The smallest absolute Gasteiger partial charge is 0.257 e. The van der Waals surface area contributed by atoms with Gasteiger partial charge in [-0.1, -0.05) is 35.9 Å². The zero-order valence-electron chi connectivity index (χ0n) is 9.97. The van der Waals surface area contributed by atoms with Crippen LogP contribution in [0, 0.1) is 0 Å². The van der Waals surface area contributed by atoms with Crippen molar-refractivity contribution in [2.45, 2.75) is 6.04 Å². The van der Waals surface area contributed by atoms with Crippen LogP contribution in [0.15, 0.2) is 42.5 Å². The number of hydrogen-bond acceptors (Lipinski definition) is 2. The summed E-state index contributed by atoms with van der Waals surface area (Å²) in [4.78, 5) is 14.1. The molecule has 19 heavy (non-hydrogen) atoms. The summed E-state index contributed by atoms with van der Waals surface area (Å²) in [6.07, 6.45) is 0. The maximum Gasteiger partial charge on any atom is 0.257 e. The predicted molar refractivity (Wildman–Crippen MR) is 71.4 cm³/mol. The molecule has 0 saturated carbocycles. The molecule has 0 aromatic heterocycles. The minimum absolute atomic E-state index is 0.0289. The number of hydrogen-bond donors (Lipinski definition) is 0. The molecule has 2 heterocycles.